The van der Waals surface area contributed by atoms with E-state index in [0.717, 1.165) is 12.8 Å². The van der Waals surface area contributed by atoms with Gasteiger partial charge < -0.3 is 0 Å². The van der Waals surface area contributed by atoms with Gasteiger partial charge in [-0.3, -0.25) is 10.1 Å². The molecular formula is C16H24N2O4S. The smallest absolute Gasteiger partial charge is 0.258 e. The van der Waals surface area contributed by atoms with E-state index in [4.69, 9.17) is 0 Å². The van der Waals surface area contributed by atoms with Crippen LogP contribution in [0.25, 0.3) is 0 Å². The van der Waals surface area contributed by atoms with Gasteiger partial charge in [-0.05, 0) is 24.8 Å². The third kappa shape index (κ3) is 4.75. The van der Waals surface area contributed by atoms with Crippen molar-refractivity contribution in [3.05, 3.63) is 33.9 Å². The average Bonchev–Trinajstić information content (AvgIpc) is 2.54. The fourth-order valence-electron chi connectivity index (χ4n) is 3.08. The molecule has 1 aliphatic carbocycles. The van der Waals surface area contributed by atoms with Crippen molar-refractivity contribution in [2.24, 2.45) is 5.92 Å². The fourth-order valence-corrected chi connectivity index (χ4v) is 4.23. The fraction of sp³-hybridized carbons (Fsp3) is 0.625. The largest absolute Gasteiger partial charge is 0.273 e. The van der Waals surface area contributed by atoms with Crippen LogP contribution in [0.15, 0.2) is 23.1 Å². The van der Waals surface area contributed by atoms with Crippen LogP contribution < -0.4 is 4.72 Å². The molecule has 0 saturated heterocycles. The molecule has 0 aromatic heterocycles. The first-order valence-corrected chi connectivity index (χ1v) is 9.69. The molecule has 1 aromatic rings. The minimum absolute atomic E-state index is 0.0370. The predicted octanol–water partition coefficient (Wildman–Crippen LogP) is 3.41. The van der Waals surface area contributed by atoms with Gasteiger partial charge >= 0.3 is 0 Å². The van der Waals surface area contributed by atoms with Crippen molar-refractivity contribution < 1.29 is 13.3 Å². The van der Waals surface area contributed by atoms with Crippen molar-refractivity contribution in [1.82, 2.24) is 4.72 Å². The van der Waals surface area contributed by atoms with Gasteiger partial charge in [0.05, 0.1) is 9.82 Å². The molecule has 1 fully saturated rings. The number of sulfonamides is 1. The highest BCUT2D eigenvalue weighted by Crippen LogP contribution is 2.31. The van der Waals surface area contributed by atoms with E-state index < -0.39 is 14.9 Å². The molecule has 1 aliphatic rings. The van der Waals surface area contributed by atoms with Crippen LogP contribution in [-0.2, 0) is 16.4 Å². The van der Waals surface area contributed by atoms with Gasteiger partial charge in [0, 0.05) is 18.2 Å². The second kappa shape index (κ2) is 7.88. The molecule has 1 N–H and O–H groups in total. The van der Waals surface area contributed by atoms with Gasteiger partial charge in [0.2, 0.25) is 10.0 Å². The maximum Gasteiger partial charge on any atom is 0.273 e. The molecular weight excluding hydrogens is 316 g/mol. The van der Waals surface area contributed by atoms with Crippen molar-refractivity contribution in [2.45, 2.75) is 56.8 Å². The number of hydrogen-bond acceptors (Lipinski definition) is 4. The standard InChI is InChI=1S/C16H24N2O4S/c1-2-10-17-23(21,22)15-9-8-14(16(12-15)18(19)20)11-13-6-4-3-5-7-13/h8-9,12-13,17H,2-7,10-11H2,1H3. The summed E-state index contributed by atoms with van der Waals surface area (Å²) in [6.45, 7) is 2.18. The average molecular weight is 340 g/mol. The monoisotopic (exact) mass is 340 g/mol. The van der Waals surface area contributed by atoms with Crippen LogP contribution >= 0.6 is 0 Å². The topological polar surface area (TPSA) is 89.3 Å². The zero-order valence-electron chi connectivity index (χ0n) is 13.5. The summed E-state index contributed by atoms with van der Waals surface area (Å²) in [4.78, 5) is 10.8. The van der Waals surface area contributed by atoms with Gasteiger partial charge in [0.25, 0.3) is 5.69 Å². The first-order chi connectivity index (χ1) is 10.9. The molecule has 1 saturated carbocycles. The Kier molecular flexibility index (Phi) is 6.12. The summed E-state index contributed by atoms with van der Waals surface area (Å²) < 4.78 is 26.7. The van der Waals surface area contributed by atoms with Crippen molar-refractivity contribution in [1.29, 1.82) is 0 Å². The molecule has 2 rings (SSSR count). The van der Waals surface area contributed by atoms with Crippen LogP contribution in [0.3, 0.4) is 0 Å². The Bertz CT molecular complexity index is 652. The lowest BCUT2D eigenvalue weighted by Crippen LogP contribution is -2.24. The summed E-state index contributed by atoms with van der Waals surface area (Å²) in [5.41, 5.74) is 0.547. The van der Waals surface area contributed by atoms with Gasteiger partial charge in [0.1, 0.15) is 0 Å². The lowest BCUT2D eigenvalue weighted by Gasteiger charge is -2.21. The quantitative estimate of drug-likeness (QED) is 0.608. The highest BCUT2D eigenvalue weighted by atomic mass is 32.2. The number of nitrogens with zero attached hydrogens (tertiary/aromatic N) is 1. The van der Waals surface area contributed by atoms with Gasteiger partial charge in [-0.1, -0.05) is 45.1 Å². The minimum atomic E-state index is -3.68. The Morgan fingerprint density at radius 1 is 1.26 bits per heavy atom. The Morgan fingerprint density at radius 2 is 1.96 bits per heavy atom. The normalized spacial score (nSPS) is 16.4. The first-order valence-electron chi connectivity index (χ1n) is 8.21. The van der Waals surface area contributed by atoms with Gasteiger partial charge in [-0.15, -0.1) is 0 Å². The highest BCUT2D eigenvalue weighted by molar-refractivity contribution is 7.89. The van der Waals surface area contributed by atoms with Crippen molar-refractivity contribution in [2.75, 3.05) is 6.54 Å². The number of benzene rings is 1. The Balaban J connectivity index is 2.25. The predicted molar refractivity (Wildman–Crippen MR) is 88.9 cm³/mol. The highest BCUT2D eigenvalue weighted by Gasteiger charge is 2.23. The third-order valence-corrected chi connectivity index (χ3v) is 5.80. The van der Waals surface area contributed by atoms with Crippen molar-refractivity contribution in [3.63, 3.8) is 0 Å². The Hall–Kier alpha value is -1.47. The van der Waals surface area contributed by atoms with Crippen LogP contribution in [0.1, 0.15) is 51.0 Å². The van der Waals surface area contributed by atoms with E-state index >= 15 is 0 Å². The van der Waals surface area contributed by atoms with Crippen LogP contribution in [0.4, 0.5) is 5.69 Å². The maximum atomic E-state index is 12.1. The molecule has 6 nitrogen and oxygen atoms in total. The van der Waals surface area contributed by atoms with Gasteiger partial charge in [-0.25, -0.2) is 13.1 Å². The third-order valence-electron chi connectivity index (χ3n) is 4.34. The number of hydrogen-bond donors (Lipinski definition) is 1. The van der Waals surface area contributed by atoms with E-state index in [1.807, 2.05) is 6.92 Å². The Morgan fingerprint density at radius 3 is 2.57 bits per heavy atom. The summed E-state index contributed by atoms with van der Waals surface area (Å²) in [6, 6.07) is 4.27. The molecule has 0 spiro atoms. The van der Waals surface area contributed by atoms with Gasteiger partial charge in [-0.2, -0.15) is 0 Å². The molecule has 0 atom stereocenters. The first kappa shape index (κ1) is 17.9. The second-order valence-corrected chi connectivity index (χ2v) is 7.92. The summed E-state index contributed by atoms with van der Waals surface area (Å²) in [6.07, 6.45) is 7.08. The van der Waals surface area contributed by atoms with E-state index in [2.05, 4.69) is 4.72 Å². The van der Waals surface area contributed by atoms with E-state index in [0.29, 0.717) is 30.9 Å². The van der Waals surface area contributed by atoms with E-state index in [1.54, 1.807) is 6.07 Å². The van der Waals surface area contributed by atoms with E-state index in [1.165, 1.54) is 31.4 Å². The number of nitrogens with one attached hydrogen (secondary N) is 1. The summed E-state index contributed by atoms with van der Waals surface area (Å²) >= 11 is 0. The van der Waals surface area contributed by atoms with E-state index in [-0.39, 0.29) is 10.6 Å². The van der Waals surface area contributed by atoms with Crippen molar-refractivity contribution >= 4 is 15.7 Å². The summed E-state index contributed by atoms with van der Waals surface area (Å²) in [7, 11) is -3.68. The van der Waals surface area contributed by atoms with Crippen LogP contribution in [0.5, 0.6) is 0 Å². The molecule has 0 radical (unpaired) electrons. The SMILES string of the molecule is CCCNS(=O)(=O)c1ccc(CC2CCCCC2)c([N+](=O)[O-])c1. The molecule has 0 bridgehead atoms. The van der Waals surface area contributed by atoms with Crippen molar-refractivity contribution in [3.8, 4) is 0 Å². The number of nitro groups is 1. The zero-order chi connectivity index (χ0) is 16.9. The second-order valence-electron chi connectivity index (χ2n) is 6.15. The number of rotatable bonds is 7. The molecule has 0 amide bonds. The molecule has 7 heteroatoms. The lowest BCUT2D eigenvalue weighted by molar-refractivity contribution is -0.385. The van der Waals surface area contributed by atoms with Gasteiger partial charge in [0.15, 0.2) is 0 Å². The number of nitro benzene ring substituents is 1. The molecule has 1 aromatic carbocycles. The minimum Gasteiger partial charge on any atom is -0.258 e. The summed E-state index contributed by atoms with van der Waals surface area (Å²) in [5, 5.41) is 11.3. The summed E-state index contributed by atoms with van der Waals surface area (Å²) in [5.74, 6) is 0.461. The molecule has 0 aliphatic heterocycles. The molecule has 128 valence electrons. The van der Waals surface area contributed by atoms with Crippen LogP contribution in [0.2, 0.25) is 0 Å². The van der Waals surface area contributed by atoms with Crippen LogP contribution in [-0.4, -0.2) is 19.9 Å². The molecule has 0 heterocycles. The Labute approximate surface area is 137 Å². The molecule has 0 unspecified atom stereocenters. The maximum absolute atomic E-state index is 12.1. The molecule has 23 heavy (non-hydrogen) atoms. The zero-order valence-corrected chi connectivity index (χ0v) is 14.3. The lowest BCUT2D eigenvalue weighted by atomic mass is 9.84. The van der Waals surface area contributed by atoms with Crippen LogP contribution in [0, 0.1) is 16.0 Å². The van der Waals surface area contributed by atoms with E-state index in [9.17, 15) is 18.5 Å².